The minimum Gasteiger partial charge on any atom is -0.489 e. The van der Waals surface area contributed by atoms with Gasteiger partial charge in [-0.2, -0.15) is 0 Å². The molecular weight excluding hydrogens is 258 g/mol. The van der Waals surface area contributed by atoms with Crippen molar-refractivity contribution < 1.29 is 4.74 Å². The summed E-state index contributed by atoms with van der Waals surface area (Å²) >= 11 is 5.86. The van der Waals surface area contributed by atoms with Gasteiger partial charge in [-0.25, -0.2) is 0 Å². The molecule has 2 nitrogen and oxygen atoms in total. The van der Waals surface area contributed by atoms with Gasteiger partial charge in [0, 0.05) is 11.6 Å². The van der Waals surface area contributed by atoms with Gasteiger partial charge in [-0.1, -0.05) is 29.8 Å². The number of hydrogen-bond acceptors (Lipinski definition) is 2. The first-order valence-corrected chi connectivity index (χ1v) is 6.89. The SMILES string of the molecule is Clc1ccc(OCc2cccc3c2CNCC3)cc1. The molecule has 3 heteroatoms. The van der Waals surface area contributed by atoms with E-state index < -0.39 is 0 Å². The monoisotopic (exact) mass is 273 g/mol. The second kappa shape index (κ2) is 5.64. The molecule has 2 aromatic carbocycles. The van der Waals surface area contributed by atoms with Crippen molar-refractivity contribution in [3.63, 3.8) is 0 Å². The Morgan fingerprint density at radius 3 is 2.79 bits per heavy atom. The predicted molar refractivity (Wildman–Crippen MR) is 77.6 cm³/mol. The molecule has 0 aliphatic carbocycles. The van der Waals surface area contributed by atoms with Crippen LogP contribution in [0.1, 0.15) is 16.7 Å². The summed E-state index contributed by atoms with van der Waals surface area (Å²) in [7, 11) is 0. The van der Waals surface area contributed by atoms with Crippen molar-refractivity contribution in [1.82, 2.24) is 5.32 Å². The first-order chi connectivity index (χ1) is 9.33. The molecule has 1 N–H and O–H groups in total. The zero-order chi connectivity index (χ0) is 13.1. The van der Waals surface area contributed by atoms with Crippen LogP contribution in [0.25, 0.3) is 0 Å². The van der Waals surface area contributed by atoms with E-state index in [1.54, 1.807) is 0 Å². The molecule has 0 fully saturated rings. The Hall–Kier alpha value is -1.51. The molecule has 3 rings (SSSR count). The van der Waals surface area contributed by atoms with Crippen molar-refractivity contribution in [1.29, 1.82) is 0 Å². The van der Waals surface area contributed by atoms with Gasteiger partial charge in [0.25, 0.3) is 0 Å². The van der Waals surface area contributed by atoms with Gasteiger partial charge < -0.3 is 10.1 Å². The van der Waals surface area contributed by atoms with Crippen molar-refractivity contribution in [2.75, 3.05) is 6.54 Å². The second-order valence-electron chi connectivity index (χ2n) is 4.72. The van der Waals surface area contributed by atoms with Crippen molar-refractivity contribution in [3.05, 3.63) is 64.2 Å². The lowest BCUT2D eigenvalue weighted by Gasteiger charge is -2.20. The van der Waals surface area contributed by atoms with Crippen molar-refractivity contribution in [2.45, 2.75) is 19.6 Å². The van der Waals surface area contributed by atoms with Crippen LogP contribution in [-0.4, -0.2) is 6.54 Å². The van der Waals surface area contributed by atoms with Crippen LogP contribution >= 0.6 is 11.6 Å². The standard InChI is InChI=1S/C16H16ClNO/c17-14-4-6-15(7-5-14)19-11-13-3-1-2-12-8-9-18-10-16(12)13/h1-7,18H,8-11H2. The van der Waals surface area contributed by atoms with Crippen LogP contribution in [-0.2, 0) is 19.6 Å². The average Bonchev–Trinajstić information content (AvgIpc) is 2.47. The molecule has 0 spiro atoms. The third-order valence-corrected chi connectivity index (χ3v) is 3.70. The van der Waals surface area contributed by atoms with Gasteiger partial charge in [-0.3, -0.25) is 0 Å². The highest BCUT2D eigenvalue weighted by atomic mass is 35.5. The van der Waals surface area contributed by atoms with Gasteiger partial charge in [0.15, 0.2) is 0 Å². The van der Waals surface area contributed by atoms with Gasteiger partial charge in [0.1, 0.15) is 12.4 Å². The summed E-state index contributed by atoms with van der Waals surface area (Å²) in [5.41, 5.74) is 4.10. The summed E-state index contributed by atoms with van der Waals surface area (Å²) in [4.78, 5) is 0. The fourth-order valence-corrected chi connectivity index (χ4v) is 2.54. The normalized spacial score (nSPS) is 13.9. The molecule has 0 amide bonds. The van der Waals surface area contributed by atoms with E-state index in [9.17, 15) is 0 Å². The maximum absolute atomic E-state index is 5.86. The second-order valence-corrected chi connectivity index (χ2v) is 5.16. The lowest BCUT2D eigenvalue weighted by atomic mass is 9.96. The number of halogens is 1. The van der Waals surface area contributed by atoms with E-state index in [4.69, 9.17) is 16.3 Å². The lowest BCUT2D eigenvalue weighted by molar-refractivity contribution is 0.304. The van der Waals surface area contributed by atoms with Gasteiger partial charge in [0.05, 0.1) is 0 Å². The molecule has 0 radical (unpaired) electrons. The predicted octanol–water partition coefficient (Wildman–Crippen LogP) is 3.56. The van der Waals surface area contributed by atoms with E-state index in [-0.39, 0.29) is 0 Å². The van der Waals surface area contributed by atoms with Crippen LogP contribution < -0.4 is 10.1 Å². The summed E-state index contributed by atoms with van der Waals surface area (Å²) < 4.78 is 5.83. The molecule has 0 saturated carbocycles. The minimum atomic E-state index is 0.604. The van der Waals surface area contributed by atoms with Crippen LogP contribution in [0.4, 0.5) is 0 Å². The number of fused-ring (bicyclic) bond motifs is 1. The van der Waals surface area contributed by atoms with E-state index >= 15 is 0 Å². The van der Waals surface area contributed by atoms with Gasteiger partial charge in [-0.05, 0) is 53.9 Å². The highest BCUT2D eigenvalue weighted by Gasteiger charge is 2.12. The summed E-state index contributed by atoms with van der Waals surface area (Å²) in [6.45, 7) is 2.61. The zero-order valence-corrected chi connectivity index (χ0v) is 11.4. The average molecular weight is 274 g/mol. The Balaban J connectivity index is 1.75. The first-order valence-electron chi connectivity index (χ1n) is 6.51. The Bertz CT molecular complexity index is 565. The van der Waals surface area contributed by atoms with Crippen LogP contribution in [0.3, 0.4) is 0 Å². The Morgan fingerprint density at radius 2 is 1.95 bits per heavy atom. The van der Waals surface area contributed by atoms with E-state index in [2.05, 4.69) is 23.5 Å². The van der Waals surface area contributed by atoms with Gasteiger partial charge in [-0.15, -0.1) is 0 Å². The zero-order valence-electron chi connectivity index (χ0n) is 10.7. The Labute approximate surface area is 118 Å². The van der Waals surface area contributed by atoms with Crippen LogP contribution in [0.5, 0.6) is 5.75 Å². The fourth-order valence-electron chi connectivity index (χ4n) is 2.41. The molecular formula is C16H16ClNO. The smallest absolute Gasteiger partial charge is 0.119 e. The molecule has 0 aromatic heterocycles. The number of ether oxygens (including phenoxy) is 1. The molecule has 0 saturated heterocycles. The molecule has 0 unspecified atom stereocenters. The summed E-state index contributed by atoms with van der Waals surface area (Å²) in [5, 5.41) is 4.14. The third kappa shape index (κ3) is 2.91. The highest BCUT2D eigenvalue weighted by molar-refractivity contribution is 6.30. The molecule has 2 aromatic rings. The quantitative estimate of drug-likeness (QED) is 0.923. The third-order valence-electron chi connectivity index (χ3n) is 3.45. The van der Waals surface area contributed by atoms with Gasteiger partial charge in [0.2, 0.25) is 0 Å². The van der Waals surface area contributed by atoms with E-state index in [0.29, 0.717) is 6.61 Å². The van der Waals surface area contributed by atoms with E-state index in [1.807, 2.05) is 24.3 Å². The maximum Gasteiger partial charge on any atom is 0.119 e. The number of rotatable bonds is 3. The summed E-state index contributed by atoms with van der Waals surface area (Å²) in [6, 6.07) is 14.0. The molecule has 1 heterocycles. The first kappa shape index (κ1) is 12.5. The minimum absolute atomic E-state index is 0.604. The Kier molecular flexibility index (Phi) is 3.72. The van der Waals surface area contributed by atoms with Crippen LogP contribution in [0, 0.1) is 0 Å². The summed E-state index contributed by atoms with van der Waals surface area (Å²) in [5.74, 6) is 0.853. The van der Waals surface area contributed by atoms with Crippen molar-refractivity contribution in [3.8, 4) is 5.75 Å². The van der Waals surface area contributed by atoms with Gasteiger partial charge >= 0.3 is 0 Å². The van der Waals surface area contributed by atoms with Crippen LogP contribution in [0.2, 0.25) is 5.02 Å². The molecule has 1 aliphatic heterocycles. The van der Waals surface area contributed by atoms with Crippen LogP contribution in [0.15, 0.2) is 42.5 Å². The Morgan fingerprint density at radius 1 is 1.11 bits per heavy atom. The van der Waals surface area contributed by atoms with E-state index in [0.717, 1.165) is 30.3 Å². The lowest BCUT2D eigenvalue weighted by Crippen LogP contribution is -2.25. The summed E-state index contributed by atoms with van der Waals surface area (Å²) in [6.07, 6.45) is 1.10. The molecule has 0 atom stereocenters. The maximum atomic E-state index is 5.86. The number of benzene rings is 2. The molecule has 1 aliphatic rings. The molecule has 19 heavy (non-hydrogen) atoms. The molecule has 98 valence electrons. The molecule has 0 bridgehead atoms. The number of hydrogen-bond donors (Lipinski definition) is 1. The largest absolute Gasteiger partial charge is 0.489 e. The topological polar surface area (TPSA) is 21.3 Å². The highest BCUT2D eigenvalue weighted by Crippen LogP contribution is 2.21. The van der Waals surface area contributed by atoms with E-state index in [1.165, 1.54) is 16.7 Å². The fraction of sp³-hybridized carbons (Fsp3) is 0.250. The van der Waals surface area contributed by atoms with Crippen molar-refractivity contribution in [2.24, 2.45) is 0 Å². The van der Waals surface area contributed by atoms with Crippen molar-refractivity contribution >= 4 is 11.6 Å². The number of nitrogens with one attached hydrogen (secondary N) is 1.